The molecule has 0 aliphatic rings. The van der Waals surface area contributed by atoms with E-state index in [-0.39, 0.29) is 11.5 Å². The van der Waals surface area contributed by atoms with Gasteiger partial charge < -0.3 is 4.90 Å². The second-order valence-electron chi connectivity index (χ2n) is 7.15. The van der Waals surface area contributed by atoms with Gasteiger partial charge in [0, 0.05) is 37.6 Å². The third-order valence-corrected chi connectivity index (χ3v) is 6.55. The molecule has 0 spiro atoms. The molecule has 1 aromatic carbocycles. The molecule has 4 aromatic rings. The number of carbonyl (C=O) groups excluding carboxylic acids is 1. The Bertz CT molecular complexity index is 1270. The van der Waals surface area contributed by atoms with Gasteiger partial charge in [-0.15, -0.1) is 11.3 Å². The normalized spacial score (nSPS) is 11.0. The van der Waals surface area contributed by atoms with Gasteiger partial charge in [-0.05, 0) is 23.8 Å². The monoisotopic (exact) mass is 451 g/mol. The fourth-order valence-corrected chi connectivity index (χ4v) is 4.78. The number of thioether (sulfide) groups is 1. The first-order valence-electron chi connectivity index (χ1n) is 9.66. The minimum absolute atomic E-state index is 0.0232. The Kier molecular flexibility index (Phi) is 6.43. The van der Waals surface area contributed by atoms with Gasteiger partial charge in [-0.1, -0.05) is 30.0 Å². The molecular formula is C22H21N5O2S2. The van der Waals surface area contributed by atoms with E-state index in [9.17, 15) is 9.59 Å². The molecule has 31 heavy (non-hydrogen) atoms. The molecule has 4 rings (SSSR count). The van der Waals surface area contributed by atoms with Crippen LogP contribution in [0.5, 0.6) is 0 Å². The van der Waals surface area contributed by atoms with Crippen LogP contribution in [0.1, 0.15) is 16.3 Å². The highest BCUT2D eigenvalue weighted by molar-refractivity contribution is 7.98. The fourth-order valence-electron chi connectivity index (χ4n) is 2.99. The molecule has 9 heteroatoms. The first-order chi connectivity index (χ1) is 15.0. The Morgan fingerprint density at radius 1 is 1.16 bits per heavy atom. The summed E-state index contributed by atoms with van der Waals surface area (Å²) in [6.45, 7) is 0.395. The van der Waals surface area contributed by atoms with Gasteiger partial charge >= 0.3 is 0 Å². The number of thiazole rings is 1. The Labute approximate surface area is 187 Å². The van der Waals surface area contributed by atoms with Crippen molar-refractivity contribution in [1.29, 1.82) is 0 Å². The lowest BCUT2D eigenvalue weighted by Gasteiger charge is -2.12. The third-order valence-electron chi connectivity index (χ3n) is 4.64. The topological polar surface area (TPSA) is 81.0 Å². The van der Waals surface area contributed by atoms with Crippen LogP contribution >= 0.6 is 23.1 Å². The van der Waals surface area contributed by atoms with Crippen LogP contribution in [0.15, 0.2) is 64.1 Å². The van der Waals surface area contributed by atoms with Crippen LogP contribution in [0, 0.1) is 0 Å². The zero-order chi connectivity index (χ0) is 21.8. The summed E-state index contributed by atoms with van der Waals surface area (Å²) in [7, 11) is 3.47. The van der Waals surface area contributed by atoms with Gasteiger partial charge in [-0.3, -0.25) is 19.1 Å². The highest BCUT2D eigenvalue weighted by atomic mass is 32.2. The van der Waals surface area contributed by atoms with Crippen LogP contribution < -0.4 is 5.56 Å². The highest BCUT2D eigenvalue weighted by Gasteiger charge is 2.14. The van der Waals surface area contributed by atoms with Crippen molar-refractivity contribution in [3.8, 4) is 0 Å². The smallest absolute Gasteiger partial charge is 0.262 e. The van der Waals surface area contributed by atoms with Crippen LogP contribution in [0.2, 0.25) is 0 Å². The van der Waals surface area contributed by atoms with Gasteiger partial charge in [0.15, 0.2) is 5.16 Å². The lowest BCUT2D eigenvalue weighted by Crippen LogP contribution is -2.24. The zero-order valence-corrected chi connectivity index (χ0v) is 18.8. The number of pyridine rings is 1. The average molecular weight is 452 g/mol. The average Bonchev–Trinajstić information content (AvgIpc) is 3.22. The summed E-state index contributed by atoms with van der Waals surface area (Å²) in [5.41, 5.74) is 2.40. The van der Waals surface area contributed by atoms with Crippen molar-refractivity contribution >= 4 is 39.9 Å². The van der Waals surface area contributed by atoms with E-state index >= 15 is 0 Å². The first kappa shape index (κ1) is 21.2. The Morgan fingerprint density at radius 2 is 2.00 bits per heavy atom. The zero-order valence-electron chi connectivity index (χ0n) is 17.2. The molecule has 0 saturated heterocycles. The standard InChI is InChI=1S/C22H21N5O2S2/c1-26(2)20(28)10-19-24-16(13-30-19)14-31-22-25-18-8-4-3-7-17(18)21(29)27(22)12-15-6-5-9-23-11-15/h3-9,11,13H,10,12,14H2,1-2H3. The summed E-state index contributed by atoms with van der Waals surface area (Å²) in [5.74, 6) is 0.583. The summed E-state index contributed by atoms with van der Waals surface area (Å²) in [6.07, 6.45) is 3.76. The maximum Gasteiger partial charge on any atom is 0.262 e. The summed E-state index contributed by atoms with van der Waals surface area (Å²) >= 11 is 2.94. The van der Waals surface area contributed by atoms with Crippen molar-refractivity contribution < 1.29 is 4.79 Å². The van der Waals surface area contributed by atoms with Gasteiger partial charge in [-0.25, -0.2) is 9.97 Å². The summed E-state index contributed by atoms with van der Waals surface area (Å²) in [4.78, 5) is 40.1. The third kappa shape index (κ3) is 5.00. The van der Waals surface area contributed by atoms with Crippen molar-refractivity contribution in [2.24, 2.45) is 0 Å². The number of benzene rings is 1. The number of likely N-dealkylation sites (N-methyl/N-ethyl adjacent to an activating group) is 1. The van der Waals surface area contributed by atoms with Gasteiger partial charge in [0.25, 0.3) is 5.56 Å². The predicted molar refractivity (Wildman–Crippen MR) is 123 cm³/mol. The Balaban J connectivity index is 1.61. The minimum Gasteiger partial charge on any atom is -0.348 e. The number of rotatable bonds is 7. The van der Waals surface area contributed by atoms with E-state index in [0.29, 0.717) is 34.8 Å². The van der Waals surface area contributed by atoms with Gasteiger partial charge in [0.1, 0.15) is 5.01 Å². The van der Waals surface area contributed by atoms with E-state index in [4.69, 9.17) is 4.98 Å². The molecule has 0 atom stereocenters. The minimum atomic E-state index is -0.0764. The number of hydrogen-bond donors (Lipinski definition) is 0. The molecule has 7 nitrogen and oxygen atoms in total. The molecule has 0 aliphatic carbocycles. The Morgan fingerprint density at radius 3 is 2.77 bits per heavy atom. The SMILES string of the molecule is CN(C)C(=O)Cc1nc(CSc2nc3ccccc3c(=O)n2Cc2cccnc2)cs1. The molecule has 158 valence electrons. The molecule has 3 aromatic heterocycles. The van der Waals surface area contributed by atoms with Crippen LogP contribution in [-0.4, -0.2) is 44.4 Å². The summed E-state index contributed by atoms with van der Waals surface area (Å²) in [5, 5.41) is 3.96. The molecule has 3 heterocycles. The number of carbonyl (C=O) groups is 1. The van der Waals surface area contributed by atoms with E-state index in [0.717, 1.165) is 16.3 Å². The molecule has 0 aliphatic heterocycles. The molecule has 0 radical (unpaired) electrons. The van der Waals surface area contributed by atoms with Crippen LogP contribution in [0.3, 0.4) is 0 Å². The molecule has 0 N–H and O–H groups in total. The van der Waals surface area contributed by atoms with Crippen molar-refractivity contribution in [3.63, 3.8) is 0 Å². The number of para-hydroxylation sites is 1. The van der Waals surface area contributed by atoms with E-state index in [2.05, 4.69) is 9.97 Å². The van der Waals surface area contributed by atoms with Crippen LogP contribution in [-0.2, 0) is 23.5 Å². The molecular weight excluding hydrogens is 430 g/mol. The molecule has 0 fully saturated rings. The first-order valence-corrected chi connectivity index (χ1v) is 11.5. The number of hydrogen-bond acceptors (Lipinski definition) is 7. The van der Waals surface area contributed by atoms with E-state index < -0.39 is 0 Å². The van der Waals surface area contributed by atoms with Crippen LogP contribution in [0.25, 0.3) is 10.9 Å². The molecule has 0 bridgehead atoms. The van der Waals surface area contributed by atoms with Crippen LogP contribution in [0.4, 0.5) is 0 Å². The second-order valence-corrected chi connectivity index (χ2v) is 9.04. The van der Waals surface area contributed by atoms with Gasteiger partial charge in [-0.2, -0.15) is 0 Å². The van der Waals surface area contributed by atoms with E-state index in [1.165, 1.54) is 23.1 Å². The molecule has 0 unspecified atom stereocenters. The summed E-state index contributed by atoms with van der Waals surface area (Å²) in [6, 6.07) is 11.2. The largest absolute Gasteiger partial charge is 0.348 e. The number of fused-ring (bicyclic) bond motifs is 1. The lowest BCUT2D eigenvalue weighted by atomic mass is 10.2. The Hall–Kier alpha value is -3.04. The maximum absolute atomic E-state index is 13.2. The second kappa shape index (κ2) is 9.40. The summed E-state index contributed by atoms with van der Waals surface area (Å²) < 4.78 is 1.69. The van der Waals surface area contributed by atoms with Crippen molar-refractivity contribution in [2.75, 3.05) is 14.1 Å². The number of nitrogens with zero attached hydrogens (tertiary/aromatic N) is 5. The van der Waals surface area contributed by atoms with Gasteiger partial charge in [0.05, 0.1) is 29.6 Å². The highest BCUT2D eigenvalue weighted by Crippen LogP contribution is 2.24. The van der Waals surface area contributed by atoms with E-state index in [1.807, 2.05) is 35.7 Å². The number of aromatic nitrogens is 4. The van der Waals surface area contributed by atoms with Crippen molar-refractivity contribution in [2.45, 2.75) is 23.9 Å². The number of amides is 1. The van der Waals surface area contributed by atoms with Crippen molar-refractivity contribution in [1.82, 2.24) is 24.4 Å². The van der Waals surface area contributed by atoms with Crippen molar-refractivity contribution in [3.05, 3.63) is 80.8 Å². The van der Waals surface area contributed by atoms with E-state index in [1.54, 1.807) is 42.0 Å². The lowest BCUT2D eigenvalue weighted by molar-refractivity contribution is -0.127. The maximum atomic E-state index is 13.2. The van der Waals surface area contributed by atoms with Gasteiger partial charge in [0.2, 0.25) is 5.91 Å². The molecule has 0 saturated carbocycles. The fraction of sp³-hybridized carbons (Fsp3) is 0.227. The predicted octanol–water partition coefficient (Wildman–Crippen LogP) is 3.22. The molecule has 1 amide bonds. The quantitative estimate of drug-likeness (QED) is 0.317.